The van der Waals surface area contributed by atoms with Gasteiger partial charge in [-0.05, 0) is 25.0 Å². The highest BCUT2D eigenvalue weighted by molar-refractivity contribution is 6.00. The number of hydrogen-bond acceptors (Lipinski definition) is 6. The molecule has 0 radical (unpaired) electrons. The first-order valence-electron chi connectivity index (χ1n) is 13.4. The average molecular weight is 565 g/mol. The highest BCUT2D eigenvalue weighted by atomic mass is 16.2. The molecular weight excluding hydrogens is 528 g/mol. The Labute approximate surface area is 238 Å². The van der Waals surface area contributed by atoms with Crippen LogP contribution in [0, 0.1) is 0 Å². The third-order valence-corrected chi connectivity index (χ3v) is 6.52. The molecule has 5 N–H and O–H groups in total. The van der Waals surface area contributed by atoms with E-state index in [1.165, 1.54) is 25.7 Å². The van der Waals surface area contributed by atoms with Crippen molar-refractivity contribution in [2.45, 2.75) is 64.4 Å². The molecule has 2 aromatic carbocycles. The number of piperazine rings is 1. The van der Waals surface area contributed by atoms with Crippen molar-refractivity contribution < 1.29 is 28.8 Å². The molecule has 6 amide bonds. The first-order chi connectivity index (χ1) is 19.5. The fraction of sp³-hybridized carbons (Fsp3) is 0.379. The van der Waals surface area contributed by atoms with Crippen molar-refractivity contribution in [2.75, 3.05) is 6.54 Å². The fourth-order valence-electron chi connectivity index (χ4n) is 4.34. The van der Waals surface area contributed by atoms with Crippen LogP contribution in [0.25, 0.3) is 0 Å². The molecule has 41 heavy (non-hydrogen) atoms. The van der Waals surface area contributed by atoms with Gasteiger partial charge < -0.3 is 31.5 Å². The van der Waals surface area contributed by atoms with Crippen molar-refractivity contribution in [3.8, 4) is 0 Å². The molecule has 1 heterocycles. The normalized spacial score (nSPS) is 18.0. The molecule has 3 rings (SSSR count). The molecule has 0 unspecified atom stereocenters. The first kappa shape index (κ1) is 30.8. The monoisotopic (exact) mass is 564 g/mol. The lowest BCUT2D eigenvalue weighted by atomic mass is 10.0. The Balaban J connectivity index is 1.63. The van der Waals surface area contributed by atoms with Crippen LogP contribution in [0.4, 0.5) is 0 Å². The number of carbonyl (C=O) groups is 6. The van der Waals surface area contributed by atoms with E-state index in [-0.39, 0.29) is 25.4 Å². The van der Waals surface area contributed by atoms with Crippen LogP contribution >= 0.6 is 0 Å². The summed E-state index contributed by atoms with van der Waals surface area (Å²) in [5.74, 6) is -2.91. The van der Waals surface area contributed by atoms with Gasteiger partial charge in [-0.3, -0.25) is 28.8 Å². The number of hydrogen-bond donors (Lipinski definition) is 5. The summed E-state index contributed by atoms with van der Waals surface area (Å²) in [5.41, 5.74) is 1.66. The quantitative estimate of drug-likeness (QED) is 0.238. The minimum atomic E-state index is -1.16. The van der Waals surface area contributed by atoms with Gasteiger partial charge in [0.2, 0.25) is 35.4 Å². The predicted molar refractivity (Wildman–Crippen MR) is 150 cm³/mol. The van der Waals surface area contributed by atoms with Crippen LogP contribution in [0.3, 0.4) is 0 Å². The molecule has 2 aromatic rings. The number of rotatable bonds is 12. The van der Waals surface area contributed by atoms with E-state index >= 15 is 0 Å². The predicted octanol–water partition coefficient (Wildman–Crippen LogP) is -0.266. The second kappa shape index (κ2) is 14.6. The van der Waals surface area contributed by atoms with E-state index < -0.39 is 53.7 Å². The Kier molecular flexibility index (Phi) is 11.0. The van der Waals surface area contributed by atoms with E-state index in [9.17, 15) is 28.8 Å². The molecule has 4 atom stereocenters. The van der Waals surface area contributed by atoms with Crippen LogP contribution < -0.4 is 26.6 Å². The van der Waals surface area contributed by atoms with Crippen molar-refractivity contribution >= 4 is 35.4 Å². The summed E-state index contributed by atoms with van der Waals surface area (Å²) in [4.78, 5) is 76.9. The van der Waals surface area contributed by atoms with Gasteiger partial charge in [-0.1, -0.05) is 60.7 Å². The first-order valence-corrected chi connectivity index (χ1v) is 13.4. The summed E-state index contributed by atoms with van der Waals surface area (Å²) in [7, 11) is 0. The lowest BCUT2D eigenvalue weighted by Gasteiger charge is -2.39. The Bertz CT molecular complexity index is 1250. The smallest absolute Gasteiger partial charge is 0.246 e. The molecule has 1 aliphatic heterocycles. The van der Waals surface area contributed by atoms with Gasteiger partial charge in [0.1, 0.15) is 24.2 Å². The molecule has 12 nitrogen and oxygen atoms in total. The molecule has 0 aromatic heterocycles. The third-order valence-electron chi connectivity index (χ3n) is 6.52. The average Bonchev–Trinajstić information content (AvgIpc) is 2.94. The number of benzene rings is 2. The molecule has 12 heteroatoms. The van der Waals surface area contributed by atoms with Crippen molar-refractivity contribution in [1.82, 2.24) is 31.5 Å². The van der Waals surface area contributed by atoms with Crippen LogP contribution in [-0.2, 0) is 41.9 Å². The number of carbonyl (C=O) groups excluding carboxylic acids is 6. The van der Waals surface area contributed by atoms with Gasteiger partial charge in [0.25, 0.3) is 0 Å². The van der Waals surface area contributed by atoms with Crippen LogP contribution in [0.15, 0.2) is 60.7 Å². The maximum atomic E-state index is 13.5. The molecule has 0 spiro atoms. The van der Waals surface area contributed by atoms with E-state index in [0.29, 0.717) is 6.54 Å². The van der Waals surface area contributed by atoms with Gasteiger partial charge in [0.05, 0.1) is 6.42 Å². The number of nitrogens with zero attached hydrogens (tertiary/aromatic N) is 1. The molecule has 1 aliphatic rings. The maximum Gasteiger partial charge on any atom is 0.246 e. The Morgan fingerprint density at radius 3 is 2.00 bits per heavy atom. The van der Waals surface area contributed by atoms with Gasteiger partial charge in [-0.15, -0.1) is 0 Å². The third kappa shape index (κ3) is 9.16. The van der Waals surface area contributed by atoms with Crippen LogP contribution in [-0.4, -0.2) is 71.1 Å². The molecular formula is C29H36N6O6. The Hall–Kier alpha value is -4.74. The van der Waals surface area contributed by atoms with Crippen LogP contribution in [0.1, 0.15) is 38.3 Å². The summed E-state index contributed by atoms with van der Waals surface area (Å²) in [6, 6.07) is 14.4. The van der Waals surface area contributed by atoms with E-state index in [4.69, 9.17) is 0 Å². The molecule has 0 saturated carbocycles. The zero-order valence-corrected chi connectivity index (χ0v) is 23.3. The maximum absolute atomic E-state index is 13.5. The van der Waals surface area contributed by atoms with Gasteiger partial charge >= 0.3 is 0 Å². The minimum absolute atomic E-state index is 0.0747. The van der Waals surface area contributed by atoms with E-state index in [2.05, 4.69) is 26.6 Å². The highest BCUT2D eigenvalue weighted by Crippen LogP contribution is 2.17. The topological polar surface area (TPSA) is 166 Å². The molecule has 0 bridgehead atoms. The summed E-state index contributed by atoms with van der Waals surface area (Å²) >= 11 is 0. The van der Waals surface area contributed by atoms with Crippen LogP contribution in [0.5, 0.6) is 0 Å². The van der Waals surface area contributed by atoms with Crippen molar-refractivity contribution in [1.29, 1.82) is 0 Å². The fourth-order valence-corrected chi connectivity index (χ4v) is 4.34. The Morgan fingerprint density at radius 1 is 0.829 bits per heavy atom. The standard InChI is InChI=1S/C29H36N6O6/c1-18(32-20(3)36)26(38)31-16-24-28(40)34-23(29(41)35(24)17-22-12-8-5-9-13-22)14-25(37)33-19(2)27(39)30-15-21-10-6-4-7-11-21/h4-13,18-19,23-24H,14-17H2,1-3H3,(H,30,39)(H,31,38)(H,32,36)(H,33,37)(H,34,40)/t18-,19-,23-,24-/m0/s1. The van der Waals surface area contributed by atoms with E-state index in [1.807, 2.05) is 36.4 Å². The second-order valence-corrected chi connectivity index (χ2v) is 9.89. The van der Waals surface area contributed by atoms with E-state index in [1.54, 1.807) is 24.3 Å². The second-order valence-electron chi connectivity index (χ2n) is 9.89. The summed E-state index contributed by atoms with van der Waals surface area (Å²) in [5, 5.41) is 13.0. The lowest BCUT2D eigenvalue weighted by Crippen LogP contribution is -2.66. The van der Waals surface area contributed by atoms with Crippen molar-refractivity contribution in [3.63, 3.8) is 0 Å². The highest BCUT2D eigenvalue weighted by Gasteiger charge is 2.41. The molecule has 0 aliphatic carbocycles. The summed E-state index contributed by atoms with van der Waals surface area (Å²) in [6.07, 6.45) is -0.370. The molecule has 1 saturated heterocycles. The number of amides is 6. The van der Waals surface area contributed by atoms with E-state index in [0.717, 1.165) is 11.1 Å². The summed E-state index contributed by atoms with van der Waals surface area (Å²) in [6.45, 7) is 4.50. The summed E-state index contributed by atoms with van der Waals surface area (Å²) < 4.78 is 0. The van der Waals surface area contributed by atoms with Gasteiger partial charge in [0, 0.05) is 26.6 Å². The van der Waals surface area contributed by atoms with Crippen molar-refractivity contribution in [2.24, 2.45) is 0 Å². The van der Waals surface area contributed by atoms with Gasteiger partial charge in [-0.2, -0.15) is 0 Å². The largest absolute Gasteiger partial charge is 0.352 e. The van der Waals surface area contributed by atoms with Crippen LogP contribution in [0.2, 0.25) is 0 Å². The number of nitrogens with one attached hydrogen (secondary N) is 5. The zero-order valence-electron chi connectivity index (χ0n) is 23.3. The molecule has 1 fully saturated rings. The molecule has 218 valence electrons. The van der Waals surface area contributed by atoms with Gasteiger partial charge in [-0.25, -0.2) is 0 Å². The van der Waals surface area contributed by atoms with Crippen molar-refractivity contribution in [3.05, 3.63) is 71.8 Å². The lowest BCUT2D eigenvalue weighted by molar-refractivity contribution is -0.151. The zero-order chi connectivity index (χ0) is 29.9. The minimum Gasteiger partial charge on any atom is -0.352 e. The Morgan fingerprint density at radius 2 is 1.39 bits per heavy atom. The SMILES string of the molecule is CC(=O)N[C@@H](C)C(=O)NC[C@H]1C(=O)N[C@@H](CC(=O)N[C@@H](C)C(=O)NCc2ccccc2)C(=O)N1Cc1ccccc1. The van der Waals surface area contributed by atoms with Gasteiger partial charge in [0.15, 0.2) is 0 Å².